The van der Waals surface area contributed by atoms with Crippen LogP contribution in [0.2, 0.25) is 0 Å². The van der Waals surface area contributed by atoms with Gasteiger partial charge in [-0.05, 0) is 51.2 Å². The van der Waals surface area contributed by atoms with Crippen LogP contribution in [-0.4, -0.2) is 72.6 Å². The lowest BCUT2D eigenvalue weighted by atomic mass is 10.1. The molecule has 1 aromatic carbocycles. The first-order chi connectivity index (χ1) is 18.6. The predicted molar refractivity (Wildman–Crippen MR) is 156 cm³/mol. The first-order valence-corrected chi connectivity index (χ1v) is 14.3. The predicted octanol–water partition coefficient (Wildman–Crippen LogP) is 3.59. The van der Waals surface area contributed by atoms with Crippen molar-refractivity contribution in [2.45, 2.75) is 24.0 Å². The van der Waals surface area contributed by atoms with Gasteiger partial charge in [-0.3, -0.25) is 4.79 Å². The molecule has 1 aliphatic heterocycles. The summed E-state index contributed by atoms with van der Waals surface area (Å²) in [6, 6.07) is 10.4. The van der Waals surface area contributed by atoms with Crippen LogP contribution in [0.15, 0.2) is 83.7 Å². The van der Waals surface area contributed by atoms with Crippen LogP contribution in [0.1, 0.15) is 13.8 Å². The van der Waals surface area contributed by atoms with Crippen molar-refractivity contribution in [2.24, 2.45) is 5.73 Å². The molecule has 0 aliphatic carbocycles. The van der Waals surface area contributed by atoms with Gasteiger partial charge in [0.15, 0.2) is 9.84 Å². The van der Waals surface area contributed by atoms with Gasteiger partial charge in [0, 0.05) is 49.4 Å². The molecule has 10 nitrogen and oxygen atoms in total. The van der Waals surface area contributed by atoms with E-state index < -0.39 is 15.1 Å². The molecule has 0 unspecified atom stereocenters. The molecule has 2 aromatic heterocycles. The monoisotopic (exact) mass is 549 g/mol. The van der Waals surface area contributed by atoms with E-state index in [1.165, 1.54) is 0 Å². The molecule has 206 valence electrons. The normalized spacial score (nSPS) is 15.5. The number of amides is 1. The van der Waals surface area contributed by atoms with E-state index in [0.717, 1.165) is 18.5 Å². The smallest absolute Gasteiger partial charge is 0.254 e. The van der Waals surface area contributed by atoms with E-state index in [1.807, 2.05) is 13.1 Å². The molecule has 0 radical (unpaired) electrons. The molecule has 0 atom stereocenters. The van der Waals surface area contributed by atoms with E-state index in [2.05, 4.69) is 32.1 Å². The second-order valence-electron chi connectivity index (χ2n) is 9.69. The first kappa shape index (κ1) is 27.9. The number of para-hydroxylation sites is 1. The van der Waals surface area contributed by atoms with E-state index in [0.29, 0.717) is 41.5 Å². The molecule has 39 heavy (non-hydrogen) atoms. The van der Waals surface area contributed by atoms with E-state index in [4.69, 9.17) is 5.73 Å². The molecular weight excluding hydrogens is 514 g/mol. The third-order valence-corrected chi connectivity index (χ3v) is 8.74. The number of carbonyl (C=O) groups excluding carboxylic acids is 1. The maximum atomic E-state index is 13.1. The van der Waals surface area contributed by atoms with Gasteiger partial charge in [-0.1, -0.05) is 24.8 Å². The Balaban J connectivity index is 1.62. The fourth-order valence-corrected chi connectivity index (χ4v) is 5.48. The van der Waals surface area contributed by atoms with Crippen molar-refractivity contribution in [3.05, 3.63) is 78.8 Å². The van der Waals surface area contributed by atoms with E-state index >= 15 is 0 Å². The summed E-state index contributed by atoms with van der Waals surface area (Å²) >= 11 is 0. The van der Waals surface area contributed by atoms with Gasteiger partial charge in [0.2, 0.25) is 0 Å². The minimum absolute atomic E-state index is 0.120. The molecule has 11 heteroatoms. The van der Waals surface area contributed by atoms with Gasteiger partial charge in [-0.25, -0.2) is 13.4 Å². The number of piperazine rings is 1. The third kappa shape index (κ3) is 6.32. The zero-order valence-corrected chi connectivity index (χ0v) is 23.3. The summed E-state index contributed by atoms with van der Waals surface area (Å²) < 4.78 is 25.9. The molecule has 5 N–H and O–H groups in total. The SMILES string of the molecule is C=C/C=C(\C=C(/N)Nc1cc(Nc2ccccc2S(=O)(=O)C(C)C)c2cc[nH]c2n1)C(=O)N1CCN(C)CC1. The fraction of sp³-hybridized carbons (Fsp3) is 0.286. The number of benzene rings is 1. The number of hydrogen-bond donors (Lipinski definition) is 4. The van der Waals surface area contributed by atoms with Crippen molar-refractivity contribution in [3.63, 3.8) is 0 Å². The average Bonchev–Trinajstić information content (AvgIpc) is 3.37. The lowest BCUT2D eigenvalue weighted by Gasteiger charge is -2.32. The van der Waals surface area contributed by atoms with E-state index in [1.54, 1.807) is 73.5 Å². The highest BCUT2D eigenvalue weighted by atomic mass is 32.2. The molecule has 3 heterocycles. The Morgan fingerprint density at radius 1 is 1.15 bits per heavy atom. The molecule has 0 bridgehead atoms. The summed E-state index contributed by atoms with van der Waals surface area (Å²) in [5.41, 5.74) is 8.40. The number of aromatic nitrogens is 2. The van der Waals surface area contributed by atoms with Gasteiger partial charge < -0.3 is 31.2 Å². The van der Waals surface area contributed by atoms with Crippen LogP contribution in [0.4, 0.5) is 17.2 Å². The molecular formula is C28H35N7O3S. The van der Waals surface area contributed by atoms with Crippen molar-refractivity contribution in [3.8, 4) is 0 Å². The quantitative estimate of drug-likeness (QED) is 0.235. The van der Waals surface area contributed by atoms with Crippen LogP contribution < -0.4 is 16.4 Å². The number of nitrogens with two attached hydrogens (primary N) is 1. The van der Waals surface area contributed by atoms with E-state index in [-0.39, 0.29) is 16.6 Å². The van der Waals surface area contributed by atoms with Crippen LogP contribution in [0.5, 0.6) is 0 Å². The van der Waals surface area contributed by atoms with Crippen molar-refractivity contribution < 1.29 is 13.2 Å². The number of nitrogens with one attached hydrogen (secondary N) is 3. The second-order valence-corrected chi connectivity index (χ2v) is 12.2. The van der Waals surface area contributed by atoms with Crippen molar-refractivity contribution in [1.82, 2.24) is 19.8 Å². The maximum Gasteiger partial charge on any atom is 0.254 e. The third-order valence-electron chi connectivity index (χ3n) is 6.53. The van der Waals surface area contributed by atoms with Crippen LogP contribution >= 0.6 is 0 Å². The van der Waals surface area contributed by atoms with Crippen molar-refractivity contribution in [2.75, 3.05) is 43.9 Å². The lowest BCUT2D eigenvalue weighted by Crippen LogP contribution is -2.47. The molecule has 1 aliphatic rings. The number of hydrogen-bond acceptors (Lipinski definition) is 8. The summed E-state index contributed by atoms with van der Waals surface area (Å²) in [4.78, 5) is 25.0. The largest absolute Gasteiger partial charge is 0.385 e. The average molecular weight is 550 g/mol. The Bertz CT molecular complexity index is 1530. The van der Waals surface area contributed by atoms with Crippen LogP contribution in [0, 0.1) is 0 Å². The van der Waals surface area contributed by atoms with Gasteiger partial charge in [-0.2, -0.15) is 0 Å². The molecule has 1 fully saturated rings. The zero-order chi connectivity index (χ0) is 28.2. The van der Waals surface area contributed by atoms with E-state index in [9.17, 15) is 13.2 Å². The molecule has 0 spiro atoms. The summed E-state index contributed by atoms with van der Waals surface area (Å²) in [5.74, 6) is 0.513. The standard InChI is InChI=1S/C28H35N7O3S/c1-5-8-20(28(36)35-15-13-34(4)14-16-35)17-25(29)32-26-18-23(21-11-12-30-27(21)33-26)31-22-9-6-7-10-24(22)39(37,38)19(2)3/h5-12,17-19H,1,13-16,29H2,2-4H3,(H3,30,31,32,33)/b20-8+,25-17+. The fourth-order valence-electron chi connectivity index (χ4n) is 4.27. The van der Waals surface area contributed by atoms with Crippen molar-refractivity contribution >= 4 is 44.0 Å². The molecule has 1 amide bonds. The number of rotatable bonds is 9. The Morgan fingerprint density at radius 2 is 1.87 bits per heavy atom. The minimum Gasteiger partial charge on any atom is -0.385 e. The number of carbonyl (C=O) groups is 1. The van der Waals surface area contributed by atoms with Gasteiger partial charge in [-0.15, -0.1) is 0 Å². The zero-order valence-electron chi connectivity index (χ0n) is 22.4. The molecule has 1 saturated heterocycles. The van der Waals surface area contributed by atoms with Crippen LogP contribution in [-0.2, 0) is 14.6 Å². The molecule has 0 saturated carbocycles. The van der Waals surface area contributed by atoms with Gasteiger partial charge in [0.1, 0.15) is 17.3 Å². The van der Waals surface area contributed by atoms with Gasteiger partial charge in [0.25, 0.3) is 5.91 Å². The highest BCUT2D eigenvalue weighted by Crippen LogP contribution is 2.32. The summed E-state index contributed by atoms with van der Waals surface area (Å²) in [7, 11) is -1.49. The molecule has 3 aromatic rings. The number of H-pyrrole nitrogens is 1. The maximum absolute atomic E-state index is 13.1. The Kier molecular flexibility index (Phi) is 8.41. The Morgan fingerprint density at radius 3 is 2.56 bits per heavy atom. The summed E-state index contributed by atoms with van der Waals surface area (Å²) in [6.07, 6.45) is 6.51. The van der Waals surface area contributed by atoms with Crippen molar-refractivity contribution in [1.29, 1.82) is 0 Å². The Hall–Kier alpha value is -4.09. The first-order valence-electron chi connectivity index (χ1n) is 12.7. The Labute approximate surface area is 229 Å². The molecule has 4 rings (SSSR count). The van der Waals surface area contributed by atoms with Crippen LogP contribution in [0.3, 0.4) is 0 Å². The number of likely N-dealkylation sites (N-methyl/N-ethyl adjacent to an activating group) is 1. The number of allylic oxidation sites excluding steroid dienone is 2. The number of anilines is 3. The topological polar surface area (TPSA) is 136 Å². The number of fused-ring (bicyclic) bond motifs is 1. The lowest BCUT2D eigenvalue weighted by molar-refractivity contribution is -0.128. The van der Waals surface area contributed by atoms with Crippen LogP contribution in [0.25, 0.3) is 11.0 Å². The highest BCUT2D eigenvalue weighted by Gasteiger charge is 2.23. The van der Waals surface area contributed by atoms with Gasteiger partial charge >= 0.3 is 0 Å². The highest BCUT2D eigenvalue weighted by molar-refractivity contribution is 7.92. The number of sulfone groups is 1. The summed E-state index contributed by atoms with van der Waals surface area (Å²) in [5, 5.41) is 6.54. The number of pyridine rings is 1. The number of nitrogens with zero attached hydrogens (tertiary/aromatic N) is 3. The second kappa shape index (κ2) is 11.7. The van der Waals surface area contributed by atoms with Gasteiger partial charge in [0.05, 0.1) is 21.5 Å². The summed E-state index contributed by atoms with van der Waals surface area (Å²) in [6.45, 7) is 9.94. The number of aromatic amines is 1. The minimum atomic E-state index is -3.52.